The molecule has 1 aromatic carbocycles. The van der Waals surface area contributed by atoms with Crippen molar-refractivity contribution in [2.45, 2.75) is 24.5 Å². The first-order chi connectivity index (χ1) is 13.6. The average Bonchev–Trinajstić information content (AvgIpc) is 3.20. The Balaban J connectivity index is 1.50. The second kappa shape index (κ2) is 7.61. The third-order valence-corrected chi connectivity index (χ3v) is 4.79. The van der Waals surface area contributed by atoms with Crippen molar-refractivity contribution in [3.05, 3.63) is 48.1 Å². The lowest BCUT2D eigenvalue weighted by molar-refractivity contribution is 0.0820. The van der Waals surface area contributed by atoms with E-state index in [2.05, 4.69) is 20.8 Å². The van der Waals surface area contributed by atoms with E-state index in [1.165, 1.54) is 13.2 Å². The molecule has 1 aromatic heterocycles. The fraction of sp³-hybridized carbons (Fsp3) is 0.368. The van der Waals surface area contributed by atoms with Crippen LogP contribution in [0.15, 0.2) is 46.1 Å². The molecule has 0 spiro atoms. The highest BCUT2D eigenvalue weighted by Gasteiger charge is 2.33. The number of hydrogen-bond donors (Lipinski definition) is 3. The Morgan fingerprint density at radius 2 is 2.14 bits per heavy atom. The van der Waals surface area contributed by atoms with Crippen LogP contribution in [0.3, 0.4) is 0 Å². The van der Waals surface area contributed by atoms with Crippen LogP contribution in [0.2, 0.25) is 0 Å². The summed E-state index contributed by atoms with van der Waals surface area (Å²) < 4.78 is 29.7. The van der Waals surface area contributed by atoms with Gasteiger partial charge >= 0.3 is 0 Å². The molecule has 3 heterocycles. The zero-order valence-electron chi connectivity index (χ0n) is 15.4. The standard InChI is InChI=1S/C19H22FN5O3/c1-26-16-3-2-12(10-14(16)20)15-11-17(28-25-15)19(21)6-7-22-18(24-19)23-13-4-8-27-9-5-13/h2-3,6-7,10-11,13H,4-5,8-9,21H2,1H3,(H2,22,23,24). The summed E-state index contributed by atoms with van der Waals surface area (Å²) in [7, 11) is 1.42. The Hall–Kier alpha value is -2.91. The monoisotopic (exact) mass is 387 g/mol. The molecule has 1 atom stereocenters. The Labute approximate surface area is 161 Å². The molecule has 28 heavy (non-hydrogen) atoms. The third-order valence-electron chi connectivity index (χ3n) is 4.79. The number of nitrogens with zero attached hydrogens (tertiary/aromatic N) is 2. The van der Waals surface area contributed by atoms with E-state index >= 15 is 0 Å². The zero-order valence-corrected chi connectivity index (χ0v) is 15.4. The van der Waals surface area contributed by atoms with E-state index in [-0.39, 0.29) is 11.8 Å². The first-order valence-electron chi connectivity index (χ1n) is 9.05. The smallest absolute Gasteiger partial charge is 0.198 e. The second-order valence-corrected chi connectivity index (χ2v) is 6.74. The van der Waals surface area contributed by atoms with Gasteiger partial charge in [-0.15, -0.1) is 0 Å². The first-order valence-corrected chi connectivity index (χ1v) is 9.05. The second-order valence-electron chi connectivity index (χ2n) is 6.74. The van der Waals surface area contributed by atoms with Crippen LogP contribution in [0, 0.1) is 5.82 Å². The summed E-state index contributed by atoms with van der Waals surface area (Å²) in [4.78, 5) is 4.31. The Morgan fingerprint density at radius 1 is 1.32 bits per heavy atom. The molecule has 1 saturated heterocycles. The minimum atomic E-state index is -1.12. The molecular weight excluding hydrogens is 365 g/mol. The van der Waals surface area contributed by atoms with Crippen LogP contribution in [0.4, 0.5) is 4.39 Å². The van der Waals surface area contributed by atoms with Gasteiger partial charge in [0.2, 0.25) is 0 Å². The highest BCUT2D eigenvalue weighted by molar-refractivity contribution is 5.82. The van der Waals surface area contributed by atoms with E-state index in [9.17, 15) is 4.39 Å². The summed E-state index contributed by atoms with van der Waals surface area (Å²) in [6.07, 6.45) is 5.10. The highest BCUT2D eigenvalue weighted by atomic mass is 19.1. The molecule has 1 fully saturated rings. The van der Waals surface area contributed by atoms with Crippen molar-refractivity contribution in [1.29, 1.82) is 0 Å². The van der Waals surface area contributed by atoms with Crippen molar-refractivity contribution >= 4 is 5.96 Å². The summed E-state index contributed by atoms with van der Waals surface area (Å²) >= 11 is 0. The van der Waals surface area contributed by atoms with E-state index in [4.69, 9.17) is 19.7 Å². The molecule has 0 saturated carbocycles. The van der Waals surface area contributed by atoms with E-state index in [0.29, 0.717) is 23.0 Å². The fourth-order valence-electron chi connectivity index (χ4n) is 3.18. The zero-order chi connectivity index (χ0) is 19.6. The van der Waals surface area contributed by atoms with Crippen LogP contribution >= 0.6 is 0 Å². The maximum absolute atomic E-state index is 14.0. The van der Waals surface area contributed by atoms with Crippen molar-refractivity contribution in [3.8, 4) is 17.0 Å². The van der Waals surface area contributed by atoms with Crippen LogP contribution < -0.4 is 21.1 Å². The number of guanidine groups is 1. The van der Waals surface area contributed by atoms with Gasteiger partial charge in [-0.2, -0.15) is 0 Å². The lowest BCUT2D eigenvalue weighted by Gasteiger charge is -2.32. The summed E-state index contributed by atoms with van der Waals surface area (Å²) in [6, 6.07) is 6.53. The predicted molar refractivity (Wildman–Crippen MR) is 101 cm³/mol. The summed E-state index contributed by atoms with van der Waals surface area (Å²) in [6.45, 7) is 1.44. The highest BCUT2D eigenvalue weighted by Crippen LogP contribution is 2.28. The molecule has 0 radical (unpaired) electrons. The Morgan fingerprint density at radius 3 is 2.89 bits per heavy atom. The number of nitrogens with one attached hydrogen (secondary N) is 2. The van der Waals surface area contributed by atoms with Crippen LogP contribution in [0.25, 0.3) is 11.3 Å². The fourth-order valence-corrected chi connectivity index (χ4v) is 3.18. The topological polar surface area (TPSA) is 107 Å². The molecule has 9 heteroatoms. The quantitative estimate of drug-likeness (QED) is 0.735. The molecule has 8 nitrogen and oxygen atoms in total. The lowest BCUT2D eigenvalue weighted by atomic mass is 10.0. The van der Waals surface area contributed by atoms with Crippen LogP contribution in [0.5, 0.6) is 5.75 Å². The minimum absolute atomic E-state index is 0.166. The van der Waals surface area contributed by atoms with Gasteiger partial charge in [0.15, 0.2) is 28.9 Å². The molecule has 4 rings (SSSR count). The number of aromatic nitrogens is 1. The normalized spacial score (nSPS) is 22.5. The Bertz CT molecular complexity index is 907. The van der Waals surface area contributed by atoms with Gasteiger partial charge in [0.1, 0.15) is 5.69 Å². The van der Waals surface area contributed by atoms with E-state index in [0.717, 1.165) is 26.1 Å². The number of nitrogens with two attached hydrogens (primary N) is 1. The molecule has 2 aliphatic rings. The summed E-state index contributed by atoms with van der Waals surface area (Å²) in [5.74, 6) is 0.638. The predicted octanol–water partition coefficient (Wildman–Crippen LogP) is 1.84. The van der Waals surface area contributed by atoms with Gasteiger partial charge in [-0.1, -0.05) is 5.16 Å². The largest absolute Gasteiger partial charge is 0.494 e. The van der Waals surface area contributed by atoms with Crippen molar-refractivity contribution in [2.24, 2.45) is 10.7 Å². The molecular formula is C19H22FN5O3. The third kappa shape index (κ3) is 3.71. The summed E-state index contributed by atoms with van der Waals surface area (Å²) in [5.41, 5.74) is 6.38. The number of methoxy groups -OCH3 is 1. The Kier molecular flexibility index (Phi) is 5.01. The van der Waals surface area contributed by atoms with Crippen LogP contribution in [-0.2, 0) is 10.4 Å². The average molecular weight is 387 g/mol. The molecule has 148 valence electrons. The number of aliphatic imine (C=N–C) groups is 1. The van der Waals surface area contributed by atoms with Gasteiger partial charge in [-0.05, 0) is 37.1 Å². The molecule has 1 unspecified atom stereocenters. The number of benzene rings is 1. The minimum Gasteiger partial charge on any atom is -0.494 e. The number of halogens is 1. The SMILES string of the molecule is COc1ccc(-c2cc(C3(N)C=CN=C(NC4CCOCC4)N3)on2)cc1F. The van der Waals surface area contributed by atoms with Gasteiger partial charge in [0, 0.05) is 37.1 Å². The number of ether oxygens (including phenoxy) is 2. The molecule has 2 aliphatic heterocycles. The van der Waals surface area contributed by atoms with Crippen LogP contribution in [-0.4, -0.2) is 37.5 Å². The number of rotatable bonds is 4. The van der Waals surface area contributed by atoms with E-state index in [1.807, 2.05) is 0 Å². The van der Waals surface area contributed by atoms with Crippen molar-refractivity contribution < 1.29 is 18.4 Å². The van der Waals surface area contributed by atoms with Gasteiger partial charge in [0.25, 0.3) is 0 Å². The maximum Gasteiger partial charge on any atom is 0.198 e. The van der Waals surface area contributed by atoms with Crippen molar-refractivity contribution in [3.63, 3.8) is 0 Å². The molecule has 0 aliphatic carbocycles. The molecule has 4 N–H and O–H groups in total. The van der Waals surface area contributed by atoms with E-state index in [1.54, 1.807) is 30.5 Å². The molecule has 0 bridgehead atoms. The van der Waals surface area contributed by atoms with Crippen molar-refractivity contribution in [1.82, 2.24) is 15.8 Å². The van der Waals surface area contributed by atoms with Gasteiger partial charge in [-0.3, -0.25) is 5.73 Å². The number of hydrogen-bond acceptors (Lipinski definition) is 8. The van der Waals surface area contributed by atoms with Gasteiger partial charge in [-0.25, -0.2) is 9.38 Å². The first kappa shape index (κ1) is 18.5. The van der Waals surface area contributed by atoms with Crippen molar-refractivity contribution in [2.75, 3.05) is 20.3 Å². The lowest BCUT2D eigenvalue weighted by Crippen LogP contribution is -2.58. The van der Waals surface area contributed by atoms with Gasteiger partial charge < -0.3 is 24.6 Å². The van der Waals surface area contributed by atoms with Gasteiger partial charge in [0.05, 0.1) is 7.11 Å². The van der Waals surface area contributed by atoms with E-state index < -0.39 is 11.5 Å². The summed E-state index contributed by atoms with van der Waals surface area (Å²) in [5, 5.41) is 10.5. The van der Waals surface area contributed by atoms with Crippen LogP contribution in [0.1, 0.15) is 18.6 Å². The molecule has 0 amide bonds. The molecule has 2 aromatic rings. The maximum atomic E-state index is 14.0.